The summed E-state index contributed by atoms with van der Waals surface area (Å²) in [6.45, 7) is 10.9. The second-order valence-corrected chi connectivity index (χ2v) is 20.2. The highest BCUT2D eigenvalue weighted by molar-refractivity contribution is 6.12. The Morgan fingerprint density at radius 1 is 0.783 bits per heavy atom. The van der Waals surface area contributed by atoms with Crippen LogP contribution in [-0.4, -0.2) is 187 Å². The van der Waals surface area contributed by atoms with Crippen molar-refractivity contribution in [1.29, 1.82) is 0 Å². The minimum atomic E-state index is -1.05. The number of carbonyl (C=O) groups excluding carboxylic acids is 7. The molecule has 2 atom stereocenters. The average molecular weight is 1160 g/mol. The fraction of sp³-hybridized carbons (Fsp3) is 0.536. The highest BCUT2D eigenvalue weighted by Crippen LogP contribution is 2.25. The number of aryl methyl sites for hydroxylation is 1. The number of unbranched alkanes of at least 4 members (excludes halogenated alkanes) is 1. The van der Waals surface area contributed by atoms with Crippen LogP contribution in [0, 0.1) is 5.92 Å². The summed E-state index contributed by atoms with van der Waals surface area (Å²) in [5.41, 5.74) is 14.7. The normalized spacial score (nSPS) is 14.2. The van der Waals surface area contributed by atoms with Gasteiger partial charge in [0.15, 0.2) is 11.5 Å². The number of rotatable bonds is 35. The van der Waals surface area contributed by atoms with Crippen LogP contribution in [0.25, 0.3) is 11.2 Å². The molecule has 4 aromatic rings. The second-order valence-electron chi connectivity index (χ2n) is 20.2. The molecule has 0 radical (unpaired) electrons. The summed E-state index contributed by atoms with van der Waals surface area (Å²) in [5.74, 6) is -1.85. The van der Waals surface area contributed by atoms with Crippen molar-refractivity contribution in [1.82, 2.24) is 50.2 Å². The van der Waals surface area contributed by atoms with Gasteiger partial charge in [-0.15, -0.1) is 0 Å². The van der Waals surface area contributed by atoms with Crippen LogP contribution < -0.4 is 47.9 Å². The third kappa shape index (κ3) is 20.4. The van der Waals surface area contributed by atoms with Crippen molar-refractivity contribution in [3.8, 4) is 11.8 Å². The molecule has 27 nitrogen and oxygen atoms in total. The molecule has 0 spiro atoms. The van der Waals surface area contributed by atoms with E-state index in [1.165, 1.54) is 16.7 Å². The molecule has 2 aromatic heterocycles. The van der Waals surface area contributed by atoms with Crippen molar-refractivity contribution in [2.75, 3.05) is 110 Å². The molecule has 27 heteroatoms. The number of benzene rings is 2. The summed E-state index contributed by atoms with van der Waals surface area (Å²) in [7, 11) is 1.60. The quantitative estimate of drug-likeness (QED) is 0.0256. The lowest BCUT2D eigenvalue weighted by atomic mass is 10.0. The molecule has 2 aromatic carbocycles. The van der Waals surface area contributed by atoms with Gasteiger partial charge < -0.3 is 71.0 Å². The Morgan fingerprint density at radius 2 is 1.47 bits per heavy atom. The SMILES string of the molecule is CCCCOc1nc(N)c2[nH]c(=O)n(Cc3ccc(CCCN4CCN(C(=O)OCc5ccc(NC(=O)[C@H](CCCNC(N)=O)NC(=O)[C@@H](NC(=O)CCOCCOCCOCCN6C(=O)C=CC6=O)C(C)C)cc5)CC4)cc3OC)c2n1. The first kappa shape index (κ1) is 64.0. The maximum atomic E-state index is 13.7. The smallest absolute Gasteiger partial charge is 0.410 e. The van der Waals surface area contributed by atoms with Gasteiger partial charge in [-0.1, -0.05) is 51.5 Å². The van der Waals surface area contributed by atoms with E-state index in [9.17, 15) is 38.4 Å². The van der Waals surface area contributed by atoms with E-state index in [-0.39, 0.29) is 114 Å². The summed E-state index contributed by atoms with van der Waals surface area (Å²) in [6.07, 6.45) is 5.83. The molecule has 452 valence electrons. The Labute approximate surface area is 481 Å². The number of carbonyl (C=O) groups is 7. The van der Waals surface area contributed by atoms with Crippen molar-refractivity contribution in [3.63, 3.8) is 0 Å². The van der Waals surface area contributed by atoms with Gasteiger partial charge in [0.05, 0.1) is 66.4 Å². The second kappa shape index (κ2) is 33.1. The zero-order chi connectivity index (χ0) is 59.7. The summed E-state index contributed by atoms with van der Waals surface area (Å²) in [5, 5.41) is 10.8. The molecule has 83 heavy (non-hydrogen) atoms. The fourth-order valence-corrected chi connectivity index (χ4v) is 8.95. The molecular weight excluding hydrogens is 1080 g/mol. The molecule has 8 amide bonds. The molecule has 2 aliphatic rings. The Balaban J connectivity index is 0.880. The van der Waals surface area contributed by atoms with Gasteiger partial charge in [-0.3, -0.25) is 38.3 Å². The number of methoxy groups -OCH3 is 1. The van der Waals surface area contributed by atoms with E-state index in [2.05, 4.69) is 48.0 Å². The van der Waals surface area contributed by atoms with Crippen LogP contribution >= 0.6 is 0 Å². The number of amides is 8. The maximum absolute atomic E-state index is 13.7. The van der Waals surface area contributed by atoms with Crippen LogP contribution in [0.3, 0.4) is 0 Å². The van der Waals surface area contributed by atoms with Crippen molar-refractivity contribution >= 4 is 64.3 Å². The average Bonchev–Trinajstić information content (AvgIpc) is 3.32. The lowest BCUT2D eigenvalue weighted by Crippen LogP contribution is -2.54. The minimum absolute atomic E-state index is 0.00635. The first-order valence-electron chi connectivity index (χ1n) is 28.0. The van der Waals surface area contributed by atoms with Crippen LogP contribution in [0.1, 0.15) is 76.0 Å². The number of anilines is 2. The summed E-state index contributed by atoms with van der Waals surface area (Å²) in [6, 6.07) is 10.1. The molecule has 9 N–H and O–H groups in total. The third-order valence-electron chi connectivity index (χ3n) is 13.6. The number of ether oxygens (including phenoxy) is 6. The van der Waals surface area contributed by atoms with Crippen molar-refractivity contribution < 1.29 is 62.0 Å². The van der Waals surface area contributed by atoms with Crippen LogP contribution in [0.15, 0.2) is 59.4 Å². The standard InChI is InChI=1S/C56H79N13O14/c1-5-6-27-82-54-64-49(57)48-50(65-54)69(55(76)63-48)35-40-14-11-38(34-43(40)78-4)9-8-21-66-22-24-67(25-23-66)56(77)83-36-39-12-15-41(16-13-39)60-51(73)42(10-7-20-59-53(58)75)61-52(74)47(37(2)3)62-44(70)19-28-79-30-32-81-33-31-80-29-26-68-45(71)17-18-46(68)72/h11-18,34,37,42,47H,5-10,19-33,35-36H2,1-4H3,(H,60,73)(H,61,74)(H,62,70)(H,63,76)(H2,57,64,65)(H3,58,59,75)/t42-,47-/m0/s1. The molecule has 6 rings (SSSR count). The number of nitrogens with one attached hydrogen (secondary N) is 5. The van der Waals surface area contributed by atoms with E-state index in [1.807, 2.05) is 18.2 Å². The molecule has 0 bridgehead atoms. The molecule has 0 saturated carbocycles. The predicted octanol–water partition coefficient (Wildman–Crippen LogP) is 2.20. The lowest BCUT2D eigenvalue weighted by molar-refractivity contribution is -0.137. The number of piperazine rings is 1. The van der Waals surface area contributed by atoms with E-state index in [0.29, 0.717) is 67.4 Å². The molecule has 1 fully saturated rings. The van der Waals surface area contributed by atoms with Gasteiger partial charge in [0, 0.05) is 62.5 Å². The zero-order valence-corrected chi connectivity index (χ0v) is 47.7. The number of aromatic amines is 1. The Bertz CT molecular complexity index is 2890. The molecular formula is C56H79N13O14. The van der Waals surface area contributed by atoms with E-state index in [0.717, 1.165) is 48.3 Å². The molecule has 4 heterocycles. The third-order valence-corrected chi connectivity index (χ3v) is 13.6. The summed E-state index contributed by atoms with van der Waals surface area (Å²) < 4.78 is 35.0. The first-order chi connectivity index (χ1) is 40.0. The van der Waals surface area contributed by atoms with E-state index in [1.54, 1.807) is 50.1 Å². The number of imide groups is 1. The van der Waals surface area contributed by atoms with Crippen LogP contribution in [0.5, 0.6) is 11.8 Å². The monoisotopic (exact) mass is 1160 g/mol. The molecule has 1 saturated heterocycles. The number of H-pyrrole nitrogens is 1. The van der Waals surface area contributed by atoms with Crippen LogP contribution in [-0.2, 0) is 62.5 Å². The van der Waals surface area contributed by atoms with Gasteiger partial charge in [-0.25, -0.2) is 14.4 Å². The maximum Gasteiger partial charge on any atom is 0.410 e. The number of hydrogen-bond donors (Lipinski definition) is 7. The number of nitrogens with zero attached hydrogens (tertiary/aromatic N) is 6. The molecule has 0 unspecified atom stereocenters. The topological polar surface area (TPSA) is 348 Å². The van der Waals surface area contributed by atoms with Crippen molar-refractivity contribution in [2.24, 2.45) is 11.7 Å². The van der Waals surface area contributed by atoms with Gasteiger partial charge in [0.1, 0.15) is 30.0 Å². The number of hydrogen-bond acceptors (Lipinski definition) is 18. The van der Waals surface area contributed by atoms with Gasteiger partial charge in [0.2, 0.25) is 17.7 Å². The lowest BCUT2D eigenvalue weighted by Gasteiger charge is -2.34. The fourth-order valence-electron chi connectivity index (χ4n) is 8.95. The first-order valence-corrected chi connectivity index (χ1v) is 28.0. The largest absolute Gasteiger partial charge is 0.496 e. The van der Waals surface area contributed by atoms with Gasteiger partial charge in [-0.2, -0.15) is 9.97 Å². The van der Waals surface area contributed by atoms with Crippen molar-refractivity contribution in [3.05, 3.63) is 81.8 Å². The Hall–Kier alpha value is -8.14. The van der Waals surface area contributed by atoms with Crippen molar-refractivity contribution in [2.45, 2.75) is 91.0 Å². The Kier molecular flexibility index (Phi) is 25.5. The van der Waals surface area contributed by atoms with Gasteiger partial charge >= 0.3 is 23.8 Å². The molecule has 0 aliphatic carbocycles. The number of primary amides is 1. The van der Waals surface area contributed by atoms with E-state index >= 15 is 0 Å². The van der Waals surface area contributed by atoms with E-state index < -0.39 is 41.9 Å². The highest BCUT2D eigenvalue weighted by Gasteiger charge is 2.30. The summed E-state index contributed by atoms with van der Waals surface area (Å²) in [4.78, 5) is 117. The van der Waals surface area contributed by atoms with Crippen LogP contribution in [0.4, 0.5) is 21.1 Å². The van der Waals surface area contributed by atoms with E-state index in [4.69, 9.17) is 39.9 Å². The summed E-state index contributed by atoms with van der Waals surface area (Å²) >= 11 is 0. The van der Waals surface area contributed by atoms with Gasteiger partial charge in [0.25, 0.3) is 11.8 Å². The zero-order valence-electron chi connectivity index (χ0n) is 47.7. The molecule has 2 aliphatic heterocycles. The number of urea groups is 1. The number of fused-ring (bicyclic) bond motifs is 1. The predicted molar refractivity (Wildman–Crippen MR) is 305 cm³/mol. The highest BCUT2D eigenvalue weighted by atomic mass is 16.6. The number of nitrogen functional groups attached to an aromatic ring is 1. The Morgan fingerprint density at radius 3 is 2.14 bits per heavy atom. The van der Waals surface area contributed by atoms with Crippen LogP contribution in [0.2, 0.25) is 0 Å². The number of imidazole rings is 1. The number of nitrogens with two attached hydrogens (primary N) is 2. The van der Waals surface area contributed by atoms with Gasteiger partial charge in [-0.05, 0) is 73.9 Å². The number of aromatic nitrogens is 4. The minimum Gasteiger partial charge on any atom is -0.496 e.